The van der Waals surface area contributed by atoms with Crippen molar-refractivity contribution >= 4 is 19.5 Å². The summed E-state index contributed by atoms with van der Waals surface area (Å²) in [6, 6.07) is 15.4. The Morgan fingerprint density at radius 2 is 1.82 bits per heavy atom. The maximum Gasteiger partial charge on any atom is 0.127 e. The molecule has 0 bridgehead atoms. The lowest BCUT2D eigenvalue weighted by Crippen LogP contribution is -2.02. The summed E-state index contributed by atoms with van der Waals surface area (Å²) in [4.78, 5) is 0. The minimum Gasteiger partial charge on any atom is -0.830 e. The number of aryl methyl sites for hydroxylation is 1. The van der Waals surface area contributed by atoms with E-state index in [0.29, 0.717) is 8.20 Å². The molecule has 0 aliphatic rings. The topological polar surface area (TPSA) is 32.3 Å². The summed E-state index contributed by atoms with van der Waals surface area (Å²) in [6.07, 6.45) is 0. The van der Waals surface area contributed by atoms with E-state index < -0.39 is 0 Å². The van der Waals surface area contributed by atoms with Crippen LogP contribution in [0.1, 0.15) is 5.56 Å². The Balaban J connectivity index is 2.21. The zero-order valence-corrected chi connectivity index (χ0v) is 10.4. The molecule has 2 aromatic rings. The highest BCUT2D eigenvalue weighted by Crippen LogP contribution is 2.21. The lowest BCUT2D eigenvalue weighted by Gasteiger charge is -2.08. The van der Waals surface area contributed by atoms with Crippen molar-refractivity contribution in [1.29, 1.82) is 0 Å². The molecule has 0 spiro atoms. The van der Waals surface area contributed by atoms with Gasteiger partial charge in [-0.15, -0.1) is 0 Å². The van der Waals surface area contributed by atoms with Crippen LogP contribution >= 0.6 is 8.20 Å². The number of benzene rings is 2. The van der Waals surface area contributed by atoms with Crippen molar-refractivity contribution in [2.24, 2.45) is 0 Å². The van der Waals surface area contributed by atoms with E-state index in [1.165, 1.54) is 0 Å². The van der Waals surface area contributed by atoms with E-state index in [2.05, 4.69) is 0 Å². The molecule has 86 valence electrons. The fourth-order valence-corrected chi connectivity index (χ4v) is 2.06. The van der Waals surface area contributed by atoms with Crippen LogP contribution in [-0.4, -0.2) is 5.98 Å². The highest BCUT2D eigenvalue weighted by molar-refractivity contribution is 7.46. The van der Waals surface area contributed by atoms with Gasteiger partial charge in [-0.3, -0.25) is 0 Å². The van der Waals surface area contributed by atoms with Gasteiger partial charge in [0.25, 0.3) is 0 Å². The van der Waals surface area contributed by atoms with Gasteiger partial charge in [0.2, 0.25) is 0 Å². The largest absolute Gasteiger partial charge is 0.830 e. The summed E-state index contributed by atoms with van der Waals surface area (Å²) >= 11 is 0. The summed E-state index contributed by atoms with van der Waals surface area (Å²) in [5.74, 6) is 2.49. The maximum atomic E-state index is 10.5. The van der Waals surface area contributed by atoms with Crippen LogP contribution in [0.2, 0.25) is 0 Å². The smallest absolute Gasteiger partial charge is 0.127 e. The second-order valence-electron chi connectivity index (χ2n) is 3.60. The maximum absolute atomic E-state index is 10.5. The van der Waals surface area contributed by atoms with E-state index in [9.17, 15) is 5.11 Å². The van der Waals surface area contributed by atoms with E-state index >= 15 is 0 Å². The first-order valence-electron chi connectivity index (χ1n) is 5.27. The van der Waals surface area contributed by atoms with Crippen molar-refractivity contribution in [1.82, 2.24) is 0 Å². The van der Waals surface area contributed by atoms with Crippen LogP contribution in [0.15, 0.2) is 48.5 Å². The van der Waals surface area contributed by atoms with Gasteiger partial charge in [0.1, 0.15) is 11.5 Å². The normalized spacial score (nSPS) is 10.7. The Bertz CT molecular complexity index is 521. The Morgan fingerprint density at radius 3 is 2.47 bits per heavy atom. The summed E-state index contributed by atoms with van der Waals surface area (Å²) in [7, 11) is 0.697. The minimum atomic E-state index is 0.697. The van der Waals surface area contributed by atoms with Gasteiger partial charge in [-0.25, -0.2) is 0 Å². The first kappa shape index (κ1) is 11.8. The van der Waals surface area contributed by atoms with Crippen LogP contribution in [0, 0.1) is 6.92 Å². The summed E-state index contributed by atoms with van der Waals surface area (Å²) in [6.45, 7) is 1.98. The van der Waals surface area contributed by atoms with Gasteiger partial charge in [-0.1, -0.05) is 26.4 Å². The first-order chi connectivity index (χ1) is 8.29. The molecule has 2 nitrogen and oxygen atoms in total. The second kappa shape index (κ2) is 5.62. The third-order valence-electron chi connectivity index (χ3n) is 2.34. The zero-order chi connectivity index (χ0) is 12.1. The average molecular weight is 243 g/mol. The fraction of sp³-hybridized carbons (Fsp3) is 0.0714. The molecule has 0 amide bonds. The lowest BCUT2D eigenvalue weighted by molar-refractivity contribution is -0.195. The van der Waals surface area contributed by atoms with Crippen LogP contribution in [0.3, 0.4) is 0 Å². The van der Waals surface area contributed by atoms with Crippen molar-refractivity contribution in [2.75, 3.05) is 0 Å². The van der Waals surface area contributed by atoms with Gasteiger partial charge in [0, 0.05) is 5.30 Å². The molecule has 0 radical (unpaired) electrons. The quantitative estimate of drug-likeness (QED) is 0.776. The molecular weight excluding hydrogens is 231 g/mol. The molecule has 0 N–H and O–H groups in total. The molecule has 2 rings (SSSR count). The predicted molar refractivity (Wildman–Crippen MR) is 70.3 cm³/mol. The molecule has 2 aromatic carbocycles. The summed E-state index contributed by atoms with van der Waals surface area (Å²) < 4.78 is 5.70. The molecule has 0 unspecified atom stereocenters. The van der Waals surface area contributed by atoms with Crippen molar-refractivity contribution in [3.63, 3.8) is 0 Å². The molecule has 0 atom stereocenters. The standard InChI is InChI=1S/C14H13O2P/c1-11-9-13(7-8-14(11)17-10-15)16-12-5-3-2-4-6-12/h2-10,15H,1H3/p-1. The molecule has 0 aromatic heterocycles. The second-order valence-corrected chi connectivity index (χ2v) is 4.55. The van der Waals surface area contributed by atoms with Crippen LogP contribution in [0.25, 0.3) is 0 Å². The van der Waals surface area contributed by atoms with Gasteiger partial charge < -0.3 is 9.84 Å². The summed E-state index contributed by atoms with van der Waals surface area (Å²) in [5.41, 5.74) is 1.06. The van der Waals surface area contributed by atoms with E-state index in [1.54, 1.807) is 0 Å². The number of ether oxygens (including phenoxy) is 1. The van der Waals surface area contributed by atoms with Gasteiger partial charge >= 0.3 is 0 Å². The number of para-hydroxylation sites is 1. The Labute approximate surface area is 102 Å². The lowest BCUT2D eigenvalue weighted by atomic mass is 10.2. The highest BCUT2D eigenvalue weighted by atomic mass is 31.1. The Hall–Kier alpha value is -1.63. The monoisotopic (exact) mass is 243 g/mol. The Kier molecular flexibility index (Phi) is 3.92. The molecule has 3 heteroatoms. The predicted octanol–water partition coefficient (Wildman–Crippen LogP) is 2.48. The van der Waals surface area contributed by atoms with Gasteiger partial charge in [0.15, 0.2) is 0 Å². The molecule has 0 aliphatic heterocycles. The minimum absolute atomic E-state index is 0.697. The van der Waals surface area contributed by atoms with Crippen molar-refractivity contribution < 1.29 is 9.84 Å². The SMILES string of the molecule is Cc1cc(Oc2ccccc2)ccc1P=C[O-]. The van der Waals surface area contributed by atoms with Gasteiger partial charge in [-0.05, 0) is 42.8 Å². The third kappa shape index (κ3) is 3.16. The third-order valence-corrected chi connectivity index (χ3v) is 3.22. The van der Waals surface area contributed by atoms with E-state index in [1.807, 2.05) is 55.5 Å². The molecule has 0 fully saturated rings. The number of rotatable bonds is 3. The van der Waals surface area contributed by atoms with Crippen LogP contribution in [0.5, 0.6) is 11.5 Å². The Morgan fingerprint density at radius 1 is 1.06 bits per heavy atom. The zero-order valence-electron chi connectivity index (χ0n) is 9.46. The van der Waals surface area contributed by atoms with E-state index in [4.69, 9.17) is 4.74 Å². The molecule has 0 aliphatic carbocycles. The van der Waals surface area contributed by atoms with E-state index in [-0.39, 0.29) is 0 Å². The van der Waals surface area contributed by atoms with Crippen LogP contribution in [0.4, 0.5) is 0 Å². The molecule has 0 heterocycles. The average Bonchev–Trinajstić information content (AvgIpc) is 2.34. The molecular formula is C14H12O2P-. The fourth-order valence-electron chi connectivity index (χ4n) is 1.52. The van der Waals surface area contributed by atoms with Crippen LogP contribution in [-0.2, 0) is 0 Å². The van der Waals surface area contributed by atoms with Gasteiger partial charge in [-0.2, -0.15) is 5.98 Å². The first-order valence-corrected chi connectivity index (χ1v) is 6.24. The number of hydrogen-bond acceptors (Lipinski definition) is 2. The highest BCUT2D eigenvalue weighted by Gasteiger charge is 1.99. The van der Waals surface area contributed by atoms with Gasteiger partial charge in [0.05, 0.1) is 0 Å². The molecule has 0 saturated heterocycles. The number of hydrogen-bond donors (Lipinski definition) is 0. The molecule has 17 heavy (non-hydrogen) atoms. The summed E-state index contributed by atoms with van der Waals surface area (Å²) in [5, 5.41) is 11.5. The van der Waals surface area contributed by atoms with Crippen molar-refractivity contribution in [2.45, 2.75) is 6.92 Å². The molecule has 0 saturated carbocycles. The van der Waals surface area contributed by atoms with Crippen LogP contribution < -0.4 is 15.1 Å². The van der Waals surface area contributed by atoms with Crippen molar-refractivity contribution in [3.8, 4) is 11.5 Å². The van der Waals surface area contributed by atoms with Crippen molar-refractivity contribution in [3.05, 3.63) is 54.1 Å². The van der Waals surface area contributed by atoms with E-state index in [0.717, 1.165) is 28.3 Å².